The summed E-state index contributed by atoms with van der Waals surface area (Å²) in [6.45, 7) is 2.71. The summed E-state index contributed by atoms with van der Waals surface area (Å²) in [6.07, 6.45) is 5.54. The van der Waals surface area contributed by atoms with Gasteiger partial charge in [-0.15, -0.1) is 0 Å². The Kier molecular flexibility index (Phi) is 8.39. The first-order valence-electron chi connectivity index (χ1n) is 9.78. The Morgan fingerprint density at radius 3 is 2.72 bits per heavy atom. The molecule has 1 aliphatic heterocycles. The summed E-state index contributed by atoms with van der Waals surface area (Å²) < 4.78 is 4.83. The number of amides is 2. The zero-order chi connectivity index (χ0) is 21.2. The van der Waals surface area contributed by atoms with Gasteiger partial charge in [0.2, 0.25) is 11.8 Å². The van der Waals surface area contributed by atoms with Crippen LogP contribution in [0.15, 0.2) is 36.5 Å². The third-order valence-corrected chi connectivity index (χ3v) is 4.65. The quantitative estimate of drug-likeness (QED) is 0.332. The van der Waals surface area contributed by atoms with Crippen molar-refractivity contribution in [2.75, 3.05) is 18.1 Å². The fourth-order valence-corrected chi connectivity index (χ4v) is 3.17. The van der Waals surface area contributed by atoms with E-state index in [-0.39, 0.29) is 42.4 Å². The third-order valence-electron chi connectivity index (χ3n) is 4.65. The molecule has 1 aromatic carbocycles. The third kappa shape index (κ3) is 6.74. The summed E-state index contributed by atoms with van der Waals surface area (Å²) >= 11 is 0. The molecule has 2 rings (SSSR count). The Morgan fingerprint density at radius 1 is 1.34 bits per heavy atom. The molecule has 0 aliphatic carbocycles. The molecule has 0 aromatic heterocycles. The predicted molar refractivity (Wildman–Crippen MR) is 110 cm³/mol. The van der Waals surface area contributed by atoms with E-state index in [1.54, 1.807) is 42.2 Å². The van der Waals surface area contributed by atoms with Gasteiger partial charge < -0.3 is 20.7 Å². The molecule has 1 atom stereocenters. The summed E-state index contributed by atoms with van der Waals surface area (Å²) in [5, 5.41) is 10.1. The number of piperidine rings is 1. The second kappa shape index (κ2) is 11.0. The number of ether oxygens (including phenoxy) is 1. The minimum absolute atomic E-state index is 0.0219. The van der Waals surface area contributed by atoms with E-state index in [9.17, 15) is 14.4 Å². The molecule has 8 heteroatoms. The zero-order valence-corrected chi connectivity index (χ0v) is 16.6. The summed E-state index contributed by atoms with van der Waals surface area (Å²) in [6, 6.07) is 6.96. The number of nitrogens with one attached hydrogen (secondary N) is 2. The number of hydrogen-bond acceptors (Lipinski definition) is 5. The van der Waals surface area contributed by atoms with Crippen LogP contribution in [0.5, 0.6) is 0 Å². The molecule has 0 spiro atoms. The van der Waals surface area contributed by atoms with E-state index >= 15 is 0 Å². The number of rotatable bonds is 9. The molecule has 0 unspecified atom stereocenters. The van der Waals surface area contributed by atoms with E-state index in [0.29, 0.717) is 31.6 Å². The lowest BCUT2D eigenvalue weighted by molar-refractivity contribution is -0.143. The lowest BCUT2D eigenvalue weighted by Gasteiger charge is -2.32. The lowest BCUT2D eigenvalue weighted by Crippen LogP contribution is -2.42. The average molecular weight is 400 g/mol. The maximum atomic E-state index is 12.8. The number of nitrogens with zero attached hydrogens (tertiary/aromatic N) is 1. The molecular weight excluding hydrogens is 372 g/mol. The van der Waals surface area contributed by atoms with Crippen molar-refractivity contribution in [3.05, 3.63) is 42.1 Å². The van der Waals surface area contributed by atoms with Crippen LogP contribution in [0.4, 0.5) is 5.69 Å². The molecule has 1 heterocycles. The second-order valence-corrected chi connectivity index (χ2v) is 6.81. The number of anilines is 1. The van der Waals surface area contributed by atoms with Gasteiger partial charge in [-0.25, -0.2) is 0 Å². The highest BCUT2D eigenvalue weighted by atomic mass is 16.5. The number of carbonyl (C=O) groups excluding carboxylic acids is 3. The second-order valence-electron chi connectivity index (χ2n) is 6.81. The molecule has 0 saturated carbocycles. The van der Waals surface area contributed by atoms with Gasteiger partial charge >= 0.3 is 5.97 Å². The zero-order valence-electron chi connectivity index (χ0n) is 16.6. The van der Waals surface area contributed by atoms with Crippen LogP contribution in [-0.4, -0.2) is 36.8 Å². The molecule has 156 valence electrons. The highest BCUT2D eigenvalue weighted by Crippen LogP contribution is 2.26. The summed E-state index contributed by atoms with van der Waals surface area (Å²) in [7, 11) is 0. The first-order chi connectivity index (χ1) is 13.9. The maximum absolute atomic E-state index is 12.8. The van der Waals surface area contributed by atoms with Crippen molar-refractivity contribution in [1.29, 1.82) is 5.41 Å². The van der Waals surface area contributed by atoms with E-state index < -0.39 is 0 Å². The van der Waals surface area contributed by atoms with Gasteiger partial charge in [0.25, 0.3) is 0 Å². The summed E-state index contributed by atoms with van der Waals surface area (Å²) in [5.41, 5.74) is 6.80. The van der Waals surface area contributed by atoms with Crippen molar-refractivity contribution in [2.45, 2.75) is 39.0 Å². The fourth-order valence-electron chi connectivity index (χ4n) is 3.17. The van der Waals surface area contributed by atoms with E-state index in [2.05, 4.69) is 5.32 Å². The topological polar surface area (TPSA) is 126 Å². The minimum Gasteiger partial charge on any atom is -0.466 e. The molecule has 1 saturated heterocycles. The molecule has 8 nitrogen and oxygen atoms in total. The Labute approximate surface area is 170 Å². The van der Waals surface area contributed by atoms with Crippen molar-refractivity contribution in [3.8, 4) is 0 Å². The molecule has 2 amide bonds. The number of nitrogen functional groups attached to an aromatic ring is 1. The average Bonchev–Trinajstić information content (AvgIpc) is 2.69. The number of amidine groups is 1. The van der Waals surface area contributed by atoms with Crippen molar-refractivity contribution < 1.29 is 19.1 Å². The monoisotopic (exact) mass is 400 g/mol. The van der Waals surface area contributed by atoms with Crippen LogP contribution in [0.25, 0.3) is 0 Å². The van der Waals surface area contributed by atoms with Crippen LogP contribution < -0.4 is 16.0 Å². The number of nitrogens with two attached hydrogens (primary N) is 1. The van der Waals surface area contributed by atoms with E-state index in [1.165, 1.54) is 6.20 Å². The molecule has 4 N–H and O–H groups in total. The van der Waals surface area contributed by atoms with Crippen LogP contribution >= 0.6 is 0 Å². The van der Waals surface area contributed by atoms with Gasteiger partial charge in [-0.2, -0.15) is 0 Å². The molecule has 1 fully saturated rings. The van der Waals surface area contributed by atoms with E-state index in [4.69, 9.17) is 15.9 Å². The largest absolute Gasteiger partial charge is 0.466 e. The van der Waals surface area contributed by atoms with Gasteiger partial charge in [0, 0.05) is 36.6 Å². The van der Waals surface area contributed by atoms with Crippen LogP contribution in [0.1, 0.15) is 44.6 Å². The highest BCUT2D eigenvalue weighted by Gasteiger charge is 2.31. The standard InChI is InChI=1S/C21H28N4O4/c1-2-29-19(27)7-3-4-12-24-18(26)14-16-6-5-13-25(21(16)28)17-10-8-15(9-11-17)20(22)23/h4,8-12,16H,2-3,5-7,13-14H2,1H3,(H3,22,23)(H,24,26)/t16-/m0/s1. The van der Waals surface area contributed by atoms with Gasteiger partial charge in [0.1, 0.15) is 5.84 Å². The molecule has 0 radical (unpaired) electrons. The summed E-state index contributed by atoms with van der Waals surface area (Å²) in [5.74, 6) is -0.971. The number of carbonyl (C=O) groups is 3. The molecule has 29 heavy (non-hydrogen) atoms. The highest BCUT2D eigenvalue weighted by molar-refractivity contribution is 5.99. The van der Waals surface area contributed by atoms with Gasteiger partial charge in [-0.1, -0.05) is 6.08 Å². The van der Waals surface area contributed by atoms with Gasteiger partial charge in [0.15, 0.2) is 0 Å². The SMILES string of the molecule is CCOC(=O)CCC=CNC(=O)C[C@@H]1CCCN(c2ccc(C(=N)N)cc2)C1=O. The van der Waals surface area contributed by atoms with Crippen LogP contribution in [-0.2, 0) is 19.1 Å². The van der Waals surface area contributed by atoms with E-state index in [0.717, 1.165) is 12.1 Å². The van der Waals surface area contributed by atoms with Gasteiger partial charge in [-0.3, -0.25) is 19.8 Å². The first-order valence-corrected chi connectivity index (χ1v) is 9.78. The number of benzene rings is 1. The minimum atomic E-state index is -0.371. The molecule has 0 bridgehead atoms. The van der Waals surface area contributed by atoms with Crippen molar-refractivity contribution in [3.63, 3.8) is 0 Å². The van der Waals surface area contributed by atoms with E-state index in [1.807, 2.05) is 0 Å². The molecule has 1 aromatic rings. The predicted octanol–water partition coefficient (Wildman–Crippen LogP) is 2.08. The Morgan fingerprint density at radius 2 is 2.07 bits per heavy atom. The molecular formula is C21H28N4O4. The smallest absolute Gasteiger partial charge is 0.306 e. The number of esters is 1. The van der Waals surface area contributed by atoms with Crippen molar-refractivity contribution in [2.24, 2.45) is 11.7 Å². The maximum Gasteiger partial charge on any atom is 0.306 e. The first kappa shape index (κ1) is 22.1. The fraction of sp³-hybridized carbons (Fsp3) is 0.429. The molecule has 1 aliphatic rings. The van der Waals surface area contributed by atoms with Crippen molar-refractivity contribution >= 4 is 29.3 Å². The number of hydrogen-bond donors (Lipinski definition) is 3. The lowest BCUT2D eigenvalue weighted by atomic mass is 9.93. The summed E-state index contributed by atoms with van der Waals surface area (Å²) in [4.78, 5) is 37.9. The van der Waals surface area contributed by atoms with Crippen LogP contribution in [0, 0.1) is 11.3 Å². The normalized spacial score (nSPS) is 16.7. The van der Waals surface area contributed by atoms with Gasteiger partial charge in [-0.05, 0) is 56.7 Å². The van der Waals surface area contributed by atoms with Crippen LogP contribution in [0.2, 0.25) is 0 Å². The Hall–Kier alpha value is -3.16. The van der Waals surface area contributed by atoms with Crippen molar-refractivity contribution in [1.82, 2.24) is 5.32 Å². The number of allylic oxidation sites excluding steroid dienone is 1. The Balaban J connectivity index is 1.84. The Bertz CT molecular complexity index is 773. The van der Waals surface area contributed by atoms with Crippen LogP contribution in [0.3, 0.4) is 0 Å². The van der Waals surface area contributed by atoms with Gasteiger partial charge in [0.05, 0.1) is 6.61 Å².